The first-order valence-corrected chi connectivity index (χ1v) is 8.20. The van der Waals surface area contributed by atoms with Gasteiger partial charge in [-0.15, -0.1) is 0 Å². The topological polar surface area (TPSA) is 40.5 Å². The van der Waals surface area contributed by atoms with Gasteiger partial charge in [0.1, 0.15) is 0 Å². The van der Waals surface area contributed by atoms with Crippen LogP contribution in [0, 0.1) is 11.8 Å². The smallest absolute Gasteiger partial charge is 0.0928 e. The van der Waals surface area contributed by atoms with E-state index in [2.05, 4.69) is 0 Å². The summed E-state index contributed by atoms with van der Waals surface area (Å²) in [5, 5.41) is 22.6. The van der Waals surface area contributed by atoms with Crippen molar-refractivity contribution in [2.45, 2.75) is 36.9 Å². The standard InChI is InChI=1S/C20H22O2/c21-19(15-7-3-1-4-8-15)13-11-18-17(19)12-14-20(18,22)16-9-5-2-6-10-16/h1-10,17-18,21-22H,11-14H2/t17-,18-,19+,20+/m0/s1. The van der Waals surface area contributed by atoms with E-state index in [1.165, 1.54) is 0 Å². The van der Waals surface area contributed by atoms with Gasteiger partial charge < -0.3 is 10.2 Å². The highest BCUT2D eigenvalue weighted by molar-refractivity contribution is 5.31. The Balaban J connectivity index is 1.70. The highest BCUT2D eigenvalue weighted by Gasteiger charge is 2.59. The van der Waals surface area contributed by atoms with Crippen molar-refractivity contribution in [3.05, 3.63) is 71.8 Å². The van der Waals surface area contributed by atoms with Crippen molar-refractivity contribution in [2.75, 3.05) is 0 Å². The molecule has 0 heterocycles. The zero-order chi connectivity index (χ0) is 15.2. The predicted molar refractivity (Wildman–Crippen MR) is 86.1 cm³/mol. The molecule has 2 fully saturated rings. The molecule has 0 amide bonds. The fourth-order valence-corrected chi connectivity index (χ4v) is 4.84. The van der Waals surface area contributed by atoms with Crippen LogP contribution in [-0.2, 0) is 11.2 Å². The second-order valence-electron chi connectivity index (χ2n) is 6.87. The molecule has 0 aromatic heterocycles. The van der Waals surface area contributed by atoms with E-state index in [-0.39, 0.29) is 11.8 Å². The Labute approximate surface area is 131 Å². The Morgan fingerprint density at radius 1 is 0.636 bits per heavy atom. The molecule has 2 N–H and O–H groups in total. The molecule has 0 unspecified atom stereocenters. The van der Waals surface area contributed by atoms with Crippen LogP contribution in [0.1, 0.15) is 36.8 Å². The lowest BCUT2D eigenvalue weighted by atomic mass is 9.78. The van der Waals surface area contributed by atoms with Crippen LogP contribution in [0.25, 0.3) is 0 Å². The summed E-state index contributed by atoms with van der Waals surface area (Å²) in [7, 11) is 0. The molecular formula is C20H22O2. The first-order valence-electron chi connectivity index (χ1n) is 8.20. The fourth-order valence-electron chi connectivity index (χ4n) is 4.84. The molecular weight excluding hydrogens is 272 g/mol. The number of rotatable bonds is 2. The highest BCUT2D eigenvalue weighted by atomic mass is 16.3. The Morgan fingerprint density at radius 2 is 1.00 bits per heavy atom. The molecule has 2 saturated carbocycles. The van der Waals surface area contributed by atoms with Gasteiger partial charge in [0.15, 0.2) is 0 Å². The fraction of sp³-hybridized carbons (Fsp3) is 0.400. The summed E-state index contributed by atoms with van der Waals surface area (Å²) in [6, 6.07) is 20.0. The third-order valence-corrected chi connectivity index (χ3v) is 5.93. The normalized spacial score (nSPS) is 37.2. The molecule has 2 aliphatic rings. The van der Waals surface area contributed by atoms with Crippen molar-refractivity contribution in [3.8, 4) is 0 Å². The number of fused-ring (bicyclic) bond motifs is 1. The van der Waals surface area contributed by atoms with Gasteiger partial charge in [-0.1, -0.05) is 60.7 Å². The van der Waals surface area contributed by atoms with Crippen LogP contribution >= 0.6 is 0 Å². The number of hydrogen-bond donors (Lipinski definition) is 2. The molecule has 0 aliphatic heterocycles. The van der Waals surface area contributed by atoms with E-state index in [9.17, 15) is 10.2 Å². The minimum atomic E-state index is -0.787. The van der Waals surface area contributed by atoms with E-state index in [0.717, 1.165) is 36.8 Å². The lowest BCUT2D eigenvalue weighted by Gasteiger charge is -2.33. The largest absolute Gasteiger partial charge is 0.385 e. The summed E-state index contributed by atoms with van der Waals surface area (Å²) in [4.78, 5) is 0. The Morgan fingerprint density at radius 3 is 1.36 bits per heavy atom. The first kappa shape index (κ1) is 14.0. The van der Waals surface area contributed by atoms with Gasteiger partial charge in [0, 0.05) is 0 Å². The molecule has 0 saturated heterocycles. The minimum Gasteiger partial charge on any atom is -0.385 e. The molecule has 4 rings (SSSR count). The summed E-state index contributed by atoms with van der Waals surface area (Å²) >= 11 is 0. The zero-order valence-corrected chi connectivity index (χ0v) is 12.7. The zero-order valence-electron chi connectivity index (χ0n) is 12.7. The van der Waals surface area contributed by atoms with Gasteiger partial charge in [0.2, 0.25) is 0 Å². The van der Waals surface area contributed by atoms with Crippen molar-refractivity contribution in [3.63, 3.8) is 0 Å². The molecule has 2 aliphatic carbocycles. The van der Waals surface area contributed by atoms with Crippen molar-refractivity contribution in [2.24, 2.45) is 11.8 Å². The summed E-state index contributed by atoms with van der Waals surface area (Å²) in [5.41, 5.74) is 0.427. The maximum absolute atomic E-state index is 11.3. The molecule has 22 heavy (non-hydrogen) atoms. The van der Waals surface area contributed by atoms with Crippen LogP contribution in [0.5, 0.6) is 0 Å². The highest BCUT2D eigenvalue weighted by Crippen LogP contribution is 2.60. The second kappa shape index (κ2) is 4.94. The summed E-state index contributed by atoms with van der Waals surface area (Å²) < 4.78 is 0. The maximum atomic E-state index is 11.3. The quantitative estimate of drug-likeness (QED) is 0.888. The summed E-state index contributed by atoms with van der Waals surface area (Å²) in [5.74, 6) is 0.278. The van der Waals surface area contributed by atoms with Crippen LogP contribution in [0.4, 0.5) is 0 Å². The SMILES string of the molecule is O[C@@]1(c2ccccc2)CC[C@H]2[C@@H]1CC[C@@]2(O)c1ccccc1. The number of aliphatic hydroxyl groups is 2. The molecule has 0 bridgehead atoms. The average Bonchev–Trinajstić information content (AvgIpc) is 3.10. The van der Waals surface area contributed by atoms with E-state index in [1.54, 1.807) is 0 Å². The maximum Gasteiger partial charge on any atom is 0.0928 e. The molecule has 2 aromatic rings. The predicted octanol–water partition coefficient (Wildman–Crippen LogP) is 3.58. The van der Waals surface area contributed by atoms with Crippen LogP contribution in [-0.4, -0.2) is 10.2 Å². The lowest BCUT2D eigenvalue weighted by Crippen LogP contribution is -2.35. The van der Waals surface area contributed by atoms with Gasteiger partial charge in [0.05, 0.1) is 11.2 Å². The first-order chi connectivity index (χ1) is 10.6. The van der Waals surface area contributed by atoms with Gasteiger partial charge in [-0.25, -0.2) is 0 Å². The Hall–Kier alpha value is -1.64. The molecule has 114 valence electrons. The van der Waals surface area contributed by atoms with E-state index >= 15 is 0 Å². The Kier molecular flexibility index (Phi) is 3.14. The van der Waals surface area contributed by atoms with Crippen LogP contribution in [0.3, 0.4) is 0 Å². The Bertz CT molecular complexity index is 594. The molecule has 2 aromatic carbocycles. The minimum absolute atomic E-state index is 0.139. The van der Waals surface area contributed by atoms with Crippen LogP contribution in [0.2, 0.25) is 0 Å². The molecule has 2 nitrogen and oxygen atoms in total. The summed E-state index contributed by atoms with van der Waals surface area (Å²) in [6.45, 7) is 0. The number of hydrogen-bond acceptors (Lipinski definition) is 2. The van der Waals surface area contributed by atoms with E-state index in [1.807, 2.05) is 60.7 Å². The molecule has 2 heteroatoms. The van der Waals surface area contributed by atoms with E-state index in [0.29, 0.717) is 0 Å². The van der Waals surface area contributed by atoms with Crippen molar-refractivity contribution >= 4 is 0 Å². The van der Waals surface area contributed by atoms with E-state index < -0.39 is 11.2 Å². The molecule has 0 spiro atoms. The lowest BCUT2D eigenvalue weighted by molar-refractivity contribution is -0.0357. The van der Waals surface area contributed by atoms with Crippen molar-refractivity contribution in [1.82, 2.24) is 0 Å². The summed E-state index contributed by atoms with van der Waals surface area (Å²) in [6.07, 6.45) is 3.23. The van der Waals surface area contributed by atoms with Gasteiger partial charge >= 0.3 is 0 Å². The van der Waals surface area contributed by atoms with Crippen LogP contribution in [0.15, 0.2) is 60.7 Å². The van der Waals surface area contributed by atoms with Gasteiger partial charge in [0.25, 0.3) is 0 Å². The van der Waals surface area contributed by atoms with Crippen molar-refractivity contribution < 1.29 is 10.2 Å². The van der Waals surface area contributed by atoms with Gasteiger partial charge in [-0.05, 0) is 48.6 Å². The monoisotopic (exact) mass is 294 g/mol. The second-order valence-corrected chi connectivity index (χ2v) is 6.87. The third kappa shape index (κ3) is 1.87. The number of benzene rings is 2. The van der Waals surface area contributed by atoms with Crippen molar-refractivity contribution in [1.29, 1.82) is 0 Å². The van der Waals surface area contributed by atoms with Gasteiger partial charge in [-0.3, -0.25) is 0 Å². The third-order valence-electron chi connectivity index (χ3n) is 5.93. The average molecular weight is 294 g/mol. The molecule has 0 radical (unpaired) electrons. The van der Waals surface area contributed by atoms with Gasteiger partial charge in [-0.2, -0.15) is 0 Å². The van der Waals surface area contributed by atoms with E-state index in [4.69, 9.17) is 0 Å². The molecule has 4 atom stereocenters. The van der Waals surface area contributed by atoms with Crippen LogP contribution < -0.4 is 0 Å².